The molecule has 0 saturated heterocycles. The molecule has 4 heterocycles. The molecule has 0 spiro atoms. The monoisotopic (exact) mass is 467 g/mol. The van der Waals surface area contributed by atoms with Crippen molar-refractivity contribution in [1.29, 1.82) is 0 Å². The van der Waals surface area contributed by atoms with E-state index in [9.17, 15) is 18.7 Å². The van der Waals surface area contributed by atoms with Crippen LogP contribution in [0, 0.1) is 11.6 Å². The number of benzene rings is 1. The van der Waals surface area contributed by atoms with Crippen LogP contribution in [0.25, 0.3) is 10.4 Å². The average molecular weight is 468 g/mol. The third-order valence-electron chi connectivity index (χ3n) is 5.98. The van der Waals surface area contributed by atoms with E-state index in [4.69, 9.17) is 0 Å². The third-order valence-corrected chi connectivity index (χ3v) is 7.19. The lowest BCUT2D eigenvalue weighted by Crippen LogP contribution is -2.52. The molecule has 1 N–H and O–H groups in total. The highest BCUT2D eigenvalue weighted by atomic mass is 32.1. The molecule has 0 saturated carbocycles. The highest BCUT2D eigenvalue weighted by molar-refractivity contribution is 7.17. The number of carbonyl (C=O) groups is 1. The predicted octanol–water partition coefficient (Wildman–Crippen LogP) is 3.61. The van der Waals surface area contributed by atoms with Crippen LogP contribution < -0.4 is 0 Å². The molecule has 4 aromatic rings. The largest absolute Gasteiger partial charge is 0.381 e. The summed E-state index contributed by atoms with van der Waals surface area (Å²) in [6, 6.07) is 7.85. The van der Waals surface area contributed by atoms with Crippen molar-refractivity contribution in [3.63, 3.8) is 0 Å². The van der Waals surface area contributed by atoms with Gasteiger partial charge in [-0.2, -0.15) is 5.10 Å². The number of nitrogens with zero attached hydrogens (tertiary/aromatic N) is 5. The van der Waals surface area contributed by atoms with Gasteiger partial charge < -0.3 is 10.0 Å². The number of aromatic nitrogens is 4. The first-order chi connectivity index (χ1) is 15.9. The second kappa shape index (κ2) is 8.13. The quantitative estimate of drug-likeness (QED) is 0.468. The fourth-order valence-electron chi connectivity index (χ4n) is 4.18. The van der Waals surface area contributed by atoms with Gasteiger partial charge in [-0.25, -0.2) is 18.4 Å². The number of thiophene rings is 1. The van der Waals surface area contributed by atoms with Crippen LogP contribution in [0.5, 0.6) is 0 Å². The van der Waals surface area contributed by atoms with Gasteiger partial charge in [0.2, 0.25) is 0 Å². The minimum atomic E-state index is -1.89. The molecule has 1 aromatic carbocycles. The third kappa shape index (κ3) is 3.70. The molecule has 3 aromatic heterocycles. The highest BCUT2D eigenvalue weighted by Gasteiger charge is 2.46. The molecule has 1 amide bonds. The molecule has 10 heteroatoms. The summed E-state index contributed by atoms with van der Waals surface area (Å²) in [7, 11) is 0. The summed E-state index contributed by atoms with van der Waals surface area (Å²) in [5, 5.41) is 15.8. The van der Waals surface area contributed by atoms with Crippen LogP contribution in [0.2, 0.25) is 0 Å². The lowest BCUT2D eigenvalue weighted by Gasteiger charge is -2.39. The van der Waals surface area contributed by atoms with Crippen molar-refractivity contribution in [3.8, 4) is 10.4 Å². The summed E-state index contributed by atoms with van der Waals surface area (Å²) in [4.78, 5) is 24.3. The minimum absolute atomic E-state index is 0.119. The zero-order valence-corrected chi connectivity index (χ0v) is 18.3. The average Bonchev–Trinajstić information content (AvgIpc) is 3.52. The molecule has 0 aliphatic carbocycles. The van der Waals surface area contributed by atoms with E-state index in [1.165, 1.54) is 39.6 Å². The van der Waals surface area contributed by atoms with Gasteiger partial charge in [0.05, 0.1) is 17.5 Å². The Morgan fingerprint density at radius 3 is 2.76 bits per heavy atom. The van der Waals surface area contributed by atoms with Crippen molar-refractivity contribution in [2.45, 2.75) is 31.7 Å². The van der Waals surface area contributed by atoms with Gasteiger partial charge in [0.25, 0.3) is 5.91 Å². The minimum Gasteiger partial charge on any atom is -0.381 e. The first-order valence-electron chi connectivity index (χ1n) is 10.2. The fraction of sp³-hybridized carbons (Fsp3) is 0.217. The van der Waals surface area contributed by atoms with Crippen molar-refractivity contribution in [3.05, 3.63) is 89.1 Å². The number of carbonyl (C=O) groups excluding carboxylic acids is 1. The van der Waals surface area contributed by atoms with Gasteiger partial charge >= 0.3 is 0 Å². The molecule has 0 fully saturated rings. The molecule has 2 atom stereocenters. The second-order valence-corrected chi connectivity index (χ2v) is 9.01. The number of rotatable bonds is 6. The Labute approximate surface area is 192 Å². The molecule has 0 radical (unpaired) electrons. The highest BCUT2D eigenvalue weighted by Crippen LogP contribution is 2.41. The maximum atomic E-state index is 14.8. The Morgan fingerprint density at radius 1 is 1.24 bits per heavy atom. The van der Waals surface area contributed by atoms with Crippen LogP contribution in [0.3, 0.4) is 0 Å². The molecular formula is C23H19F2N5O2S. The van der Waals surface area contributed by atoms with E-state index >= 15 is 0 Å². The summed E-state index contributed by atoms with van der Waals surface area (Å²) in [6.07, 6.45) is 6.11. The predicted molar refractivity (Wildman–Crippen MR) is 117 cm³/mol. The summed E-state index contributed by atoms with van der Waals surface area (Å²) < 4.78 is 29.7. The molecule has 7 nitrogen and oxygen atoms in total. The van der Waals surface area contributed by atoms with Gasteiger partial charge in [-0.3, -0.25) is 9.78 Å². The van der Waals surface area contributed by atoms with E-state index in [0.29, 0.717) is 4.88 Å². The maximum Gasteiger partial charge on any atom is 0.264 e. The zero-order chi connectivity index (χ0) is 23.2. The summed E-state index contributed by atoms with van der Waals surface area (Å²) in [5.41, 5.74) is -0.258. The maximum absolute atomic E-state index is 14.8. The van der Waals surface area contributed by atoms with Crippen molar-refractivity contribution < 1.29 is 18.7 Å². The van der Waals surface area contributed by atoms with Crippen molar-refractivity contribution in [2.75, 3.05) is 0 Å². The molecule has 1 aliphatic heterocycles. The van der Waals surface area contributed by atoms with Crippen LogP contribution >= 0.6 is 11.3 Å². The normalized spacial score (nSPS) is 16.0. The van der Waals surface area contributed by atoms with E-state index in [2.05, 4.69) is 15.1 Å². The zero-order valence-electron chi connectivity index (χ0n) is 17.5. The van der Waals surface area contributed by atoms with Crippen LogP contribution in [-0.2, 0) is 18.7 Å². The van der Waals surface area contributed by atoms with Crippen molar-refractivity contribution >= 4 is 17.2 Å². The van der Waals surface area contributed by atoms with E-state index < -0.39 is 23.3 Å². The molecular weight excluding hydrogens is 448 g/mol. The number of halogens is 2. The van der Waals surface area contributed by atoms with Gasteiger partial charge in [0, 0.05) is 41.0 Å². The van der Waals surface area contributed by atoms with Crippen molar-refractivity contribution in [1.82, 2.24) is 24.6 Å². The first kappa shape index (κ1) is 21.4. The second-order valence-electron chi connectivity index (χ2n) is 7.96. The van der Waals surface area contributed by atoms with Crippen LogP contribution in [0.1, 0.15) is 27.7 Å². The topological polar surface area (TPSA) is 84.1 Å². The first-order valence-corrected chi connectivity index (χ1v) is 11.0. The van der Waals surface area contributed by atoms with Crippen molar-refractivity contribution in [2.24, 2.45) is 0 Å². The van der Waals surface area contributed by atoms with E-state index in [1.807, 2.05) is 18.2 Å². The number of fused-ring (bicyclic) bond motifs is 1. The lowest BCUT2D eigenvalue weighted by molar-refractivity contribution is -0.0556. The number of pyridine rings is 1. The summed E-state index contributed by atoms with van der Waals surface area (Å²) >= 11 is 1.36. The van der Waals surface area contributed by atoms with Gasteiger partial charge in [0.1, 0.15) is 29.9 Å². The number of hydrogen-bond acceptors (Lipinski definition) is 6. The van der Waals surface area contributed by atoms with E-state index in [1.54, 1.807) is 19.3 Å². The Kier molecular flexibility index (Phi) is 5.26. The number of amides is 1. The molecule has 1 aliphatic rings. The van der Waals surface area contributed by atoms with Gasteiger partial charge in [0.15, 0.2) is 0 Å². The summed E-state index contributed by atoms with van der Waals surface area (Å²) in [6.45, 7) is 1.74. The van der Waals surface area contributed by atoms with Gasteiger partial charge in [-0.05, 0) is 30.7 Å². The smallest absolute Gasteiger partial charge is 0.264 e. The molecule has 168 valence electrons. The fourth-order valence-corrected chi connectivity index (χ4v) is 5.30. The lowest BCUT2D eigenvalue weighted by atomic mass is 9.85. The Bertz CT molecular complexity index is 1310. The molecule has 5 rings (SSSR count). The van der Waals surface area contributed by atoms with Gasteiger partial charge in [-0.1, -0.05) is 12.1 Å². The van der Waals surface area contributed by atoms with Gasteiger partial charge in [-0.15, -0.1) is 11.3 Å². The molecule has 0 bridgehead atoms. The molecule has 0 unspecified atom stereocenters. The van der Waals surface area contributed by atoms with Crippen LogP contribution in [0.4, 0.5) is 8.78 Å². The number of hydrogen-bond donors (Lipinski definition) is 1. The SMILES string of the molecule is C[C@@H](N1Cc2cc(-c3cccnc3)sc2C1=O)[C@](O)(Cn1cncn1)c1ccc(F)cc1F. The number of aliphatic hydroxyl groups is 1. The Balaban J connectivity index is 1.49. The van der Waals surface area contributed by atoms with Crippen LogP contribution in [0.15, 0.2) is 61.4 Å². The van der Waals surface area contributed by atoms with E-state index in [-0.39, 0.29) is 24.6 Å². The Hall–Kier alpha value is -3.50. The van der Waals surface area contributed by atoms with Crippen LogP contribution in [-0.4, -0.2) is 41.7 Å². The Morgan fingerprint density at radius 2 is 2.09 bits per heavy atom. The summed E-state index contributed by atoms with van der Waals surface area (Å²) in [5.74, 6) is -1.91. The standard InChI is InChI=1S/C23H19F2N5O2S/c1-14(23(32,11-29-13-27-12-28-29)18-5-4-17(24)8-19(18)25)30-10-16-7-20(33-21(16)22(30)31)15-3-2-6-26-9-15/h2-9,12-14,32H,10-11H2,1H3/t14-,23-/m1/s1. The van der Waals surface area contributed by atoms with E-state index in [0.717, 1.165) is 28.1 Å². The molecule has 33 heavy (non-hydrogen) atoms.